The van der Waals surface area contributed by atoms with Gasteiger partial charge in [0.2, 0.25) is 11.0 Å². The number of aromatic nitrogens is 2. The molecule has 1 aromatic rings. The van der Waals surface area contributed by atoms with Crippen LogP contribution >= 0.6 is 11.5 Å². The van der Waals surface area contributed by atoms with Crippen LogP contribution in [0.2, 0.25) is 0 Å². The van der Waals surface area contributed by atoms with E-state index in [4.69, 9.17) is 0 Å². The smallest absolute Gasteiger partial charge is 0.222 e. The first-order valence-corrected chi connectivity index (χ1v) is 10.5. The van der Waals surface area contributed by atoms with E-state index in [-0.39, 0.29) is 0 Å². The maximum absolute atomic E-state index is 12.8. The summed E-state index contributed by atoms with van der Waals surface area (Å²) in [4.78, 5) is 21.7. The Bertz CT molecular complexity index is 557. The van der Waals surface area contributed by atoms with E-state index in [1.807, 2.05) is 0 Å². The maximum atomic E-state index is 12.8. The molecule has 6 nitrogen and oxygen atoms in total. The number of hydrogen-bond acceptors (Lipinski definition) is 6. The van der Waals surface area contributed by atoms with Crippen LogP contribution < -0.4 is 10.2 Å². The van der Waals surface area contributed by atoms with Crippen molar-refractivity contribution >= 4 is 22.6 Å². The average Bonchev–Trinajstić information content (AvgIpc) is 2.99. The Hall–Kier alpha value is -1.21. The zero-order valence-electron chi connectivity index (χ0n) is 15.5. The molecule has 0 aliphatic carbocycles. The summed E-state index contributed by atoms with van der Waals surface area (Å²) in [7, 11) is 0. The standard InChI is InChI=1S/C18H31N5OS/c1-3-16-20-18(25-21-16)23-10-4-9-22(11-12-23)17(24)13-14(2)15-5-7-19-8-6-15/h14-15,19H,3-13H2,1-2H3. The van der Waals surface area contributed by atoms with Crippen molar-refractivity contribution in [1.29, 1.82) is 0 Å². The van der Waals surface area contributed by atoms with Crippen molar-refractivity contribution < 1.29 is 4.79 Å². The minimum atomic E-state index is 0.333. The van der Waals surface area contributed by atoms with Crippen LogP contribution in [0.15, 0.2) is 0 Å². The van der Waals surface area contributed by atoms with Gasteiger partial charge in [0.15, 0.2) is 0 Å². The van der Waals surface area contributed by atoms with E-state index in [0.717, 1.165) is 63.1 Å². The fraction of sp³-hybridized carbons (Fsp3) is 0.833. The minimum absolute atomic E-state index is 0.333. The van der Waals surface area contributed by atoms with Gasteiger partial charge < -0.3 is 15.1 Å². The lowest BCUT2D eigenvalue weighted by molar-refractivity contribution is -0.132. The molecule has 3 rings (SSSR count). The lowest BCUT2D eigenvalue weighted by Crippen LogP contribution is -2.37. The molecule has 25 heavy (non-hydrogen) atoms. The SMILES string of the molecule is CCc1nsc(N2CCCN(C(=O)CC(C)C3CCNCC3)CC2)n1. The van der Waals surface area contributed by atoms with Gasteiger partial charge in [-0.1, -0.05) is 13.8 Å². The van der Waals surface area contributed by atoms with Gasteiger partial charge in [-0.3, -0.25) is 4.79 Å². The zero-order valence-corrected chi connectivity index (χ0v) is 16.4. The predicted octanol–water partition coefficient (Wildman–Crippen LogP) is 2.17. The van der Waals surface area contributed by atoms with Gasteiger partial charge >= 0.3 is 0 Å². The molecule has 0 spiro atoms. The van der Waals surface area contributed by atoms with Crippen LogP contribution in [0.25, 0.3) is 0 Å². The summed E-state index contributed by atoms with van der Waals surface area (Å²) < 4.78 is 4.39. The topological polar surface area (TPSA) is 61.4 Å². The van der Waals surface area contributed by atoms with Gasteiger partial charge in [0.05, 0.1) is 0 Å². The molecular formula is C18H31N5OS. The molecule has 0 radical (unpaired) electrons. The van der Waals surface area contributed by atoms with Crippen LogP contribution in [0.3, 0.4) is 0 Å². The quantitative estimate of drug-likeness (QED) is 0.866. The number of anilines is 1. The molecule has 1 N–H and O–H groups in total. The number of nitrogens with zero attached hydrogens (tertiary/aromatic N) is 4. The Morgan fingerprint density at radius 1 is 1.28 bits per heavy atom. The van der Waals surface area contributed by atoms with Crippen molar-refractivity contribution in [2.75, 3.05) is 44.2 Å². The summed E-state index contributed by atoms with van der Waals surface area (Å²) in [5.74, 6) is 2.44. The molecule has 0 saturated carbocycles. The first-order valence-electron chi connectivity index (χ1n) is 9.73. The number of nitrogens with one attached hydrogen (secondary N) is 1. The van der Waals surface area contributed by atoms with Gasteiger partial charge in [-0.25, -0.2) is 4.98 Å². The summed E-state index contributed by atoms with van der Waals surface area (Å²) >= 11 is 1.48. The summed E-state index contributed by atoms with van der Waals surface area (Å²) in [5.41, 5.74) is 0. The fourth-order valence-corrected chi connectivity index (χ4v) is 4.66. The molecule has 2 aliphatic rings. The number of rotatable bonds is 5. The lowest BCUT2D eigenvalue weighted by atomic mass is 9.84. The number of amides is 1. The number of piperidine rings is 1. The van der Waals surface area contributed by atoms with Crippen LogP contribution in [0.1, 0.15) is 45.4 Å². The van der Waals surface area contributed by atoms with Gasteiger partial charge in [-0.05, 0) is 44.2 Å². The Balaban J connectivity index is 1.50. The monoisotopic (exact) mass is 365 g/mol. The third-order valence-electron chi connectivity index (χ3n) is 5.58. The Morgan fingerprint density at radius 2 is 2.08 bits per heavy atom. The Labute approximate surface area is 155 Å². The van der Waals surface area contributed by atoms with Gasteiger partial charge in [-0.2, -0.15) is 4.37 Å². The van der Waals surface area contributed by atoms with Crippen LogP contribution in [-0.4, -0.2) is 59.4 Å². The first kappa shape index (κ1) is 18.6. The van der Waals surface area contributed by atoms with Crippen LogP contribution in [0, 0.1) is 11.8 Å². The summed E-state index contributed by atoms with van der Waals surface area (Å²) in [6, 6.07) is 0. The molecular weight excluding hydrogens is 334 g/mol. The second-order valence-electron chi connectivity index (χ2n) is 7.34. The van der Waals surface area contributed by atoms with E-state index in [0.29, 0.717) is 24.2 Å². The Morgan fingerprint density at radius 3 is 2.80 bits per heavy atom. The summed E-state index contributed by atoms with van der Waals surface area (Å²) in [5, 5.41) is 4.42. The molecule has 7 heteroatoms. The zero-order chi connectivity index (χ0) is 17.6. The van der Waals surface area contributed by atoms with Gasteiger partial charge in [0, 0.05) is 50.6 Å². The van der Waals surface area contributed by atoms with Crippen molar-refractivity contribution in [2.45, 2.75) is 46.0 Å². The summed E-state index contributed by atoms with van der Waals surface area (Å²) in [6.07, 6.45) is 5.00. The molecule has 2 saturated heterocycles. The molecule has 0 aromatic carbocycles. The van der Waals surface area contributed by atoms with Crippen molar-refractivity contribution in [3.8, 4) is 0 Å². The number of carbonyl (C=O) groups is 1. The maximum Gasteiger partial charge on any atom is 0.222 e. The van der Waals surface area contributed by atoms with Crippen LogP contribution in [0.4, 0.5) is 5.13 Å². The highest BCUT2D eigenvalue weighted by Crippen LogP contribution is 2.25. The number of carbonyl (C=O) groups excluding carboxylic acids is 1. The lowest BCUT2D eigenvalue weighted by Gasteiger charge is -2.29. The van der Waals surface area contributed by atoms with E-state index < -0.39 is 0 Å². The second kappa shape index (κ2) is 8.94. The molecule has 1 amide bonds. The Kier molecular flexibility index (Phi) is 6.64. The highest BCUT2D eigenvalue weighted by Gasteiger charge is 2.26. The van der Waals surface area contributed by atoms with E-state index >= 15 is 0 Å². The molecule has 1 unspecified atom stereocenters. The molecule has 1 aromatic heterocycles. The van der Waals surface area contributed by atoms with E-state index in [2.05, 4.69) is 38.3 Å². The normalized spacial score (nSPS) is 21.2. The van der Waals surface area contributed by atoms with Gasteiger partial charge in [0.1, 0.15) is 5.82 Å². The van der Waals surface area contributed by atoms with E-state index in [1.54, 1.807) is 0 Å². The first-order chi connectivity index (χ1) is 12.2. The third-order valence-corrected chi connectivity index (χ3v) is 6.39. The van der Waals surface area contributed by atoms with E-state index in [1.165, 1.54) is 24.4 Å². The van der Waals surface area contributed by atoms with Crippen molar-refractivity contribution in [3.05, 3.63) is 5.82 Å². The molecule has 1 atom stereocenters. The average molecular weight is 366 g/mol. The second-order valence-corrected chi connectivity index (χ2v) is 8.07. The highest BCUT2D eigenvalue weighted by molar-refractivity contribution is 7.09. The third kappa shape index (κ3) is 4.91. The number of aryl methyl sites for hydroxylation is 1. The van der Waals surface area contributed by atoms with Crippen LogP contribution in [-0.2, 0) is 11.2 Å². The number of hydrogen-bond donors (Lipinski definition) is 1. The predicted molar refractivity (Wildman–Crippen MR) is 102 cm³/mol. The van der Waals surface area contributed by atoms with Gasteiger partial charge in [-0.15, -0.1) is 0 Å². The molecule has 2 fully saturated rings. The minimum Gasteiger partial charge on any atom is -0.345 e. The molecule has 2 aliphatic heterocycles. The molecule has 3 heterocycles. The molecule has 0 bridgehead atoms. The van der Waals surface area contributed by atoms with Gasteiger partial charge in [0.25, 0.3) is 0 Å². The van der Waals surface area contributed by atoms with E-state index in [9.17, 15) is 4.79 Å². The van der Waals surface area contributed by atoms with Crippen LogP contribution in [0.5, 0.6) is 0 Å². The van der Waals surface area contributed by atoms with Crippen molar-refractivity contribution in [2.24, 2.45) is 11.8 Å². The fourth-order valence-electron chi connectivity index (χ4n) is 3.86. The largest absolute Gasteiger partial charge is 0.345 e. The highest BCUT2D eigenvalue weighted by atomic mass is 32.1. The summed E-state index contributed by atoms with van der Waals surface area (Å²) in [6.45, 7) is 10.0. The van der Waals surface area contributed by atoms with Crippen molar-refractivity contribution in [3.63, 3.8) is 0 Å². The molecule has 140 valence electrons. The van der Waals surface area contributed by atoms with Crippen molar-refractivity contribution in [1.82, 2.24) is 19.6 Å².